The maximum Gasteiger partial charge on any atom is 0.322 e. The topological polar surface area (TPSA) is 69.6 Å². The van der Waals surface area contributed by atoms with Gasteiger partial charge in [-0.2, -0.15) is 0 Å². The van der Waals surface area contributed by atoms with Gasteiger partial charge in [-0.25, -0.2) is 4.79 Å². The molecule has 2 rings (SSSR count). The van der Waals surface area contributed by atoms with Crippen molar-refractivity contribution in [3.63, 3.8) is 0 Å². The number of anilines is 1. The van der Waals surface area contributed by atoms with E-state index in [0.717, 1.165) is 0 Å². The molecule has 20 heavy (non-hydrogen) atoms. The molecule has 0 aromatic heterocycles. The molecule has 0 aliphatic carbocycles. The Labute approximate surface area is 122 Å². The molecule has 1 aromatic rings. The number of urea groups is 1. The summed E-state index contributed by atoms with van der Waals surface area (Å²) in [6, 6.07) is 6.58. The van der Waals surface area contributed by atoms with Crippen molar-refractivity contribution in [1.82, 2.24) is 4.90 Å². The third-order valence-electron chi connectivity index (χ3n) is 3.58. The van der Waals surface area contributed by atoms with Gasteiger partial charge in [-0.3, -0.25) is 4.79 Å². The number of likely N-dealkylation sites (tertiary alicyclic amines) is 1. The molecular formula is C14H17ClN2O3. The minimum atomic E-state index is -0.783. The summed E-state index contributed by atoms with van der Waals surface area (Å²) >= 11 is 5.79. The molecule has 0 radical (unpaired) electrons. The Morgan fingerprint density at radius 3 is 2.55 bits per heavy atom. The second kappa shape index (κ2) is 6.13. The number of aliphatic carboxylic acids is 1. The molecule has 1 saturated heterocycles. The second-order valence-electron chi connectivity index (χ2n) is 5.04. The lowest BCUT2D eigenvalue weighted by Gasteiger charge is -2.36. The Bertz CT molecular complexity index is 504. The molecule has 6 heteroatoms. The fourth-order valence-corrected chi connectivity index (χ4v) is 2.55. The lowest BCUT2D eigenvalue weighted by Crippen LogP contribution is -2.47. The van der Waals surface area contributed by atoms with Crippen LogP contribution < -0.4 is 5.32 Å². The largest absolute Gasteiger partial charge is 0.481 e. The highest BCUT2D eigenvalue weighted by Gasteiger charge is 2.32. The molecule has 1 aliphatic heterocycles. The summed E-state index contributed by atoms with van der Waals surface area (Å²) < 4.78 is 0. The number of carboxylic acids is 1. The van der Waals surface area contributed by atoms with E-state index in [1.165, 1.54) is 0 Å². The number of rotatable bonds is 2. The van der Waals surface area contributed by atoms with Gasteiger partial charge in [-0.05, 0) is 44.0 Å². The number of piperidine rings is 1. The van der Waals surface area contributed by atoms with Crippen molar-refractivity contribution < 1.29 is 14.7 Å². The quantitative estimate of drug-likeness (QED) is 0.881. The van der Waals surface area contributed by atoms with Gasteiger partial charge in [0.25, 0.3) is 0 Å². The lowest BCUT2D eigenvalue weighted by atomic mass is 9.92. The summed E-state index contributed by atoms with van der Waals surface area (Å²) in [6.45, 7) is 2.33. The first kappa shape index (κ1) is 14.7. The van der Waals surface area contributed by atoms with Gasteiger partial charge >= 0.3 is 12.0 Å². The SMILES string of the molecule is CC1CC(C(=O)O)CCN1C(=O)Nc1ccc(Cl)cc1. The molecule has 1 aliphatic rings. The summed E-state index contributed by atoms with van der Waals surface area (Å²) in [5.41, 5.74) is 0.673. The average molecular weight is 297 g/mol. The van der Waals surface area contributed by atoms with Crippen LogP contribution in [0.1, 0.15) is 19.8 Å². The number of carbonyl (C=O) groups excluding carboxylic acids is 1. The third kappa shape index (κ3) is 3.42. The highest BCUT2D eigenvalue weighted by atomic mass is 35.5. The Morgan fingerprint density at radius 2 is 2.00 bits per heavy atom. The molecule has 5 nitrogen and oxygen atoms in total. The maximum atomic E-state index is 12.2. The standard InChI is InChI=1S/C14H17ClN2O3/c1-9-8-10(13(18)19)6-7-17(9)14(20)16-12-4-2-11(15)3-5-12/h2-5,9-10H,6-8H2,1H3,(H,16,20)(H,18,19). The van der Waals surface area contributed by atoms with Crippen molar-refractivity contribution in [3.05, 3.63) is 29.3 Å². The first-order valence-electron chi connectivity index (χ1n) is 6.53. The average Bonchev–Trinajstić information content (AvgIpc) is 2.41. The summed E-state index contributed by atoms with van der Waals surface area (Å²) in [6.07, 6.45) is 0.983. The van der Waals surface area contributed by atoms with Crippen LogP contribution in [0.2, 0.25) is 5.02 Å². The van der Waals surface area contributed by atoms with E-state index in [4.69, 9.17) is 16.7 Å². The van der Waals surface area contributed by atoms with Crippen LogP contribution in [0, 0.1) is 5.92 Å². The van der Waals surface area contributed by atoms with Crippen LogP contribution in [0.3, 0.4) is 0 Å². The number of benzene rings is 1. The smallest absolute Gasteiger partial charge is 0.322 e. The Kier molecular flexibility index (Phi) is 4.49. The zero-order valence-corrected chi connectivity index (χ0v) is 11.9. The number of hydrogen-bond donors (Lipinski definition) is 2. The number of amides is 2. The number of nitrogens with one attached hydrogen (secondary N) is 1. The number of carbonyl (C=O) groups is 2. The fraction of sp³-hybridized carbons (Fsp3) is 0.429. The lowest BCUT2D eigenvalue weighted by molar-refractivity contribution is -0.143. The van der Waals surface area contributed by atoms with Gasteiger partial charge in [0, 0.05) is 23.3 Å². The van der Waals surface area contributed by atoms with E-state index in [1.807, 2.05) is 6.92 Å². The minimum absolute atomic E-state index is 0.0860. The van der Waals surface area contributed by atoms with Crippen LogP contribution in [-0.4, -0.2) is 34.6 Å². The van der Waals surface area contributed by atoms with Gasteiger partial charge in [0.2, 0.25) is 0 Å². The van der Waals surface area contributed by atoms with Gasteiger partial charge in [0.05, 0.1) is 5.92 Å². The van der Waals surface area contributed by atoms with Crippen molar-refractivity contribution in [3.8, 4) is 0 Å². The van der Waals surface area contributed by atoms with E-state index in [9.17, 15) is 9.59 Å². The van der Waals surface area contributed by atoms with Crippen LogP contribution in [0.25, 0.3) is 0 Å². The number of halogens is 1. The Balaban J connectivity index is 1.96. The van der Waals surface area contributed by atoms with E-state index in [1.54, 1.807) is 29.2 Å². The zero-order chi connectivity index (χ0) is 14.7. The fourth-order valence-electron chi connectivity index (χ4n) is 2.43. The van der Waals surface area contributed by atoms with E-state index in [0.29, 0.717) is 30.1 Å². The number of nitrogens with zero attached hydrogens (tertiary/aromatic N) is 1. The molecule has 108 valence electrons. The van der Waals surface area contributed by atoms with Crippen molar-refractivity contribution in [1.29, 1.82) is 0 Å². The summed E-state index contributed by atoms with van der Waals surface area (Å²) in [7, 11) is 0. The molecule has 2 N–H and O–H groups in total. The predicted octanol–water partition coefficient (Wildman–Crippen LogP) is 3.06. The molecule has 2 unspecified atom stereocenters. The summed E-state index contributed by atoms with van der Waals surface area (Å²) in [5, 5.41) is 12.4. The van der Waals surface area contributed by atoms with Crippen LogP contribution in [0.4, 0.5) is 10.5 Å². The summed E-state index contributed by atoms with van der Waals surface area (Å²) in [4.78, 5) is 24.8. The third-order valence-corrected chi connectivity index (χ3v) is 3.83. The van der Waals surface area contributed by atoms with E-state index in [-0.39, 0.29) is 18.0 Å². The summed E-state index contributed by atoms with van der Waals surface area (Å²) in [5.74, 6) is -1.14. The molecular weight excluding hydrogens is 280 g/mol. The van der Waals surface area contributed by atoms with Crippen LogP contribution in [0.15, 0.2) is 24.3 Å². The molecule has 0 spiro atoms. The highest BCUT2D eigenvalue weighted by Crippen LogP contribution is 2.24. The van der Waals surface area contributed by atoms with E-state index < -0.39 is 5.97 Å². The van der Waals surface area contributed by atoms with Gasteiger partial charge in [0.15, 0.2) is 0 Å². The normalized spacial score (nSPS) is 22.4. The highest BCUT2D eigenvalue weighted by molar-refractivity contribution is 6.30. The second-order valence-corrected chi connectivity index (χ2v) is 5.48. The predicted molar refractivity (Wildman–Crippen MR) is 77.0 cm³/mol. The monoisotopic (exact) mass is 296 g/mol. The van der Waals surface area contributed by atoms with Gasteiger partial charge in [0.1, 0.15) is 0 Å². The minimum Gasteiger partial charge on any atom is -0.481 e. The van der Waals surface area contributed by atoms with Crippen molar-refractivity contribution in [2.75, 3.05) is 11.9 Å². The van der Waals surface area contributed by atoms with Gasteiger partial charge < -0.3 is 15.3 Å². The molecule has 2 atom stereocenters. The van der Waals surface area contributed by atoms with Crippen LogP contribution in [0.5, 0.6) is 0 Å². The molecule has 1 fully saturated rings. The molecule has 2 amide bonds. The number of hydrogen-bond acceptors (Lipinski definition) is 2. The molecule has 1 heterocycles. The first-order valence-corrected chi connectivity index (χ1v) is 6.91. The van der Waals surface area contributed by atoms with Gasteiger partial charge in [-0.1, -0.05) is 11.6 Å². The van der Waals surface area contributed by atoms with Crippen molar-refractivity contribution in [2.45, 2.75) is 25.8 Å². The van der Waals surface area contributed by atoms with Gasteiger partial charge in [-0.15, -0.1) is 0 Å². The zero-order valence-electron chi connectivity index (χ0n) is 11.2. The van der Waals surface area contributed by atoms with Crippen molar-refractivity contribution in [2.24, 2.45) is 5.92 Å². The molecule has 0 bridgehead atoms. The maximum absolute atomic E-state index is 12.2. The van der Waals surface area contributed by atoms with E-state index in [2.05, 4.69) is 5.32 Å². The first-order chi connectivity index (χ1) is 9.47. The van der Waals surface area contributed by atoms with E-state index >= 15 is 0 Å². The molecule has 1 aromatic carbocycles. The number of carboxylic acid groups (broad SMARTS) is 1. The van der Waals surface area contributed by atoms with Crippen molar-refractivity contribution >= 4 is 29.3 Å². The van der Waals surface area contributed by atoms with Crippen LogP contribution in [-0.2, 0) is 4.79 Å². The molecule has 0 saturated carbocycles. The Hall–Kier alpha value is -1.75. The van der Waals surface area contributed by atoms with Crippen LogP contribution >= 0.6 is 11.6 Å². The Morgan fingerprint density at radius 1 is 1.35 bits per heavy atom.